The van der Waals surface area contributed by atoms with Crippen LogP contribution in [0.1, 0.15) is 18.7 Å². The zero-order valence-electron chi connectivity index (χ0n) is 11.2. The number of aryl methyl sites for hydroxylation is 2. The molecule has 3 heterocycles. The van der Waals surface area contributed by atoms with E-state index in [0.717, 1.165) is 43.2 Å². The van der Waals surface area contributed by atoms with E-state index in [1.165, 1.54) is 0 Å². The minimum Gasteiger partial charge on any atom is -0.383 e. The fourth-order valence-electron chi connectivity index (χ4n) is 2.41. The average molecular weight is 262 g/mol. The lowest BCUT2D eigenvalue weighted by Crippen LogP contribution is -2.17. The van der Waals surface area contributed by atoms with E-state index < -0.39 is 0 Å². The van der Waals surface area contributed by atoms with Crippen molar-refractivity contribution < 1.29 is 4.74 Å². The summed E-state index contributed by atoms with van der Waals surface area (Å²) in [5, 5.41) is 12.5. The second-order valence-corrected chi connectivity index (χ2v) is 4.88. The Morgan fingerprint density at radius 1 is 1.47 bits per heavy atom. The van der Waals surface area contributed by atoms with Crippen LogP contribution < -0.4 is 5.73 Å². The van der Waals surface area contributed by atoms with Crippen LogP contribution in [0.4, 0.5) is 5.82 Å². The summed E-state index contributed by atoms with van der Waals surface area (Å²) in [7, 11) is 1.81. The quantitative estimate of drug-likeness (QED) is 0.882. The fraction of sp³-hybridized carbons (Fsp3) is 0.583. The van der Waals surface area contributed by atoms with E-state index in [9.17, 15) is 0 Å². The third kappa shape index (κ3) is 2.10. The van der Waals surface area contributed by atoms with Gasteiger partial charge in [0.2, 0.25) is 0 Å². The Morgan fingerprint density at radius 2 is 2.32 bits per heavy atom. The van der Waals surface area contributed by atoms with E-state index in [1.807, 2.05) is 14.0 Å². The summed E-state index contributed by atoms with van der Waals surface area (Å²) in [5.74, 6) is 2.23. The van der Waals surface area contributed by atoms with E-state index in [1.54, 1.807) is 10.9 Å². The number of hydrogen-bond donors (Lipinski definition) is 1. The molecule has 7 heteroatoms. The molecule has 1 unspecified atom stereocenters. The SMILES string of the molecule is Cc1nnc(-c2cnn(C)c2N)n1CC1CCCO1. The number of nitrogen functional groups attached to an aromatic ring is 1. The van der Waals surface area contributed by atoms with Gasteiger partial charge < -0.3 is 15.0 Å². The van der Waals surface area contributed by atoms with Crippen LogP contribution in [0.2, 0.25) is 0 Å². The number of hydrogen-bond acceptors (Lipinski definition) is 5. The summed E-state index contributed by atoms with van der Waals surface area (Å²) >= 11 is 0. The molecule has 2 N–H and O–H groups in total. The number of rotatable bonds is 3. The molecule has 0 radical (unpaired) electrons. The standard InChI is InChI=1S/C12H18N6O/c1-8-15-16-12(10-6-14-17(2)11(10)13)18(8)7-9-4-3-5-19-9/h6,9H,3-5,7,13H2,1-2H3. The summed E-state index contributed by atoms with van der Waals surface area (Å²) in [6.07, 6.45) is 4.17. The molecule has 1 aliphatic rings. The lowest BCUT2D eigenvalue weighted by atomic mass is 10.2. The molecule has 1 atom stereocenters. The normalized spacial score (nSPS) is 19.2. The highest BCUT2D eigenvalue weighted by molar-refractivity contribution is 5.68. The van der Waals surface area contributed by atoms with Crippen LogP contribution >= 0.6 is 0 Å². The van der Waals surface area contributed by atoms with Crippen LogP contribution in [-0.4, -0.2) is 37.3 Å². The summed E-state index contributed by atoms with van der Waals surface area (Å²) in [6.45, 7) is 3.55. The first-order valence-corrected chi connectivity index (χ1v) is 6.46. The zero-order valence-corrected chi connectivity index (χ0v) is 11.2. The zero-order chi connectivity index (χ0) is 13.4. The van der Waals surface area contributed by atoms with Crippen LogP contribution in [0.25, 0.3) is 11.4 Å². The first-order valence-electron chi connectivity index (χ1n) is 6.46. The van der Waals surface area contributed by atoms with Gasteiger partial charge in [0.25, 0.3) is 0 Å². The molecule has 0 aliphatic carbocycles. The third-order valence-electron chi connectivity index (χ3n) is 3.57. The van der Waals surface area contributed by atoms with Crippen molar-refractivity contribution in [3.05, 3.63) is 12.0 Å². The highest BCUT2D eigenvalue weighted by Crippen LogP contribution is 2.25. The highest BCUT2D eigenvalue weighted by atomic mass is 16.5. The van der Waals surface area contributed by atoms with Crippen LogP contribution in [0.5, 0.6) is 0 Å². The number of ether oxygens (including phenoxy) is 1. The minimum absolute atomic E-state index is 0.242. The smallest absolute Gasteiger partial charge is 0.169 e. The van der Waals surface area contributed by atoms with Crippen molar-refractivity contribution in [1.29, 1.82) is 0 Å². The molecule has 0 aromatic carbocycles. The maximum Gasteiger partial charge on any atom is 0.169 e. The number of aromatic nitrogens is 5. The van der Waals surface area contributed by atoms with Crippen LogP contribution in [-0.2, 0) is 18.3 Å². The van der Waals surface area contributed by atoms with Gasteiger partial charge in [-0.3, -0.25) is 4.68 Å². The van der Waals surface area contributed by atoms with Gasteiger partial charge in [0, 0.05) is 13.7 Å². The first kappa shape index (κ1) is 12.2. The van der Waals surface area contributed by atoms with Gasteiger partial charge in [0.05, 0.1) is 24.4 Å². The van der Waals surface area contributed by atoms with Crippen molar-refractivity contribution in [3.8, 4) is 11.4 Å². The van der Waals surface area contributed by atoms with Crippen LogP contribution in [0, 0.1) is 6.92 Å². The Bertz CT molecular complexity index is 581. The summed E-state index contributed by atoms with van der Waals surface area (Å²) in [4.78, 5) is 0. The van der Waals surface area contributed by atoms with E-state index in [0.29, 0.717) is 5.82 Å². The van der Waals surface area contributed by atoms with Crippen LogP contribution in [0.3, 0.4) is 0 Å². The Labute approximate surface area is 111 Å². The highest BCUT2D eigenvalue weighted by Gasteiger charge is 2.21. The van der Waals surface area contributed by atoms with E-state index in [2.05, 4.69) is 19.9 Å². The largest absolute Gasteiger partial charge is 0.383 e. The Kier molecular flexibility index (Phi) is 2.98. The van der Waals surface area contributed by atoms with Gasteiger partial charge in [0.1, 0.15) is 11.6 Å². The number of anilines is 1. The molecule has 3 rings (SSSR count). The average Bonchev–Trinajstić information content (AvgIpc) is 3.08. The van der Waals surface area contributed by atoms with Gasteiger partial charge in [-0.1, -0.05) is 0 Å². The van der Waals surface area contributed by atoms with E-state index in [4.69, 9.17) is 10.5 Å². The van der Waals surface area contributed by atoms with Crippen molar-refractivity contribution in [1.82, 2.24) is 24.5 Å². The molecule has 2 aromatic rings. The molecular formula is C12H18N6O. The van der Waals surface area contributed by atoms with Gasteiger partial charge in [-0.25, -0.2) is 0 Å². The van der Waals surface area contributed by atoms with Gasteiger partial charge in [-0.15, -0.1) is 10.2 Å². The molecule has 102 valence electrons. The molecule has 0 saturated carbocycles. The third-order valence-corrected chi connectivity index (χ3v) is 3.57. The van der Waals surface area contributed by atoms with Crippen molar-refractivity contribution in [2.45, 2.75) is 32.4 Å². The van der Waals surface area contributed by atoms with Gasteiger partial charge >= 0.3 is 0 Å². The maximum absolute atomic E-state index is 6.01. The minimum atomic E-state index is 0.242. The van der Waals surface area contributed by atoms with Gasteiger partial charge in [-0.05, 0) is 19.8 Å². The molecule has 19 heavy (non-hydrogen) atoms. The summed E-state index contributed by atoms with van der Waals surface area (Å²) in [5.41, 5.74) is 6.83. The van der Waals surface area contributed by atoms with Crippen molar-refractivity contribution in [2.75, 3.05) is 12.3 Å². The molecule has 7 nitrogen and oxygen atoms in total. The van der Waals surface area contributed by atoms with Crippen molar-refractivity contribution in [3.63, 3.8) is 0 Å². The second-order valence-electron chi connectivity index (χ2n) is 4.88. The fourth-order valence-corrected chi connectivity index (χ4v) is 2.41. The van der Waals surface area contributed by atoms with Crippen LogP contribution in [0.15, 0.2) is 6.20 Å². The Balaban J connectivity index is 1.95. The van der Waals surface area contributed by atoms with E-state index >= 15 is 0 Å². The summed E-state index contributed by atoms with van der Waals surface area (Å²) < 4.78 is 9.37. The predicted octanol–water partition coefficient (Wildman–Crippen LogP) is 0.748. The lowest BCUT2D eigenvalue weighted by Gasteiger charge is -2.13. The molecule has 0 spiro atoms. The first-order chi connectivity index (χ1) is 9.16. The lowest BCUT2D eigenvalue weighted by molar-refractivity contribution is 0.0968. The molecule has 2 aromatic heterocycles. The van der Waals surface area contributed by atoms with Gasteiger partial charge in [-0.2, -0.15) is 5.10 Å². The molecule has 1 saturated heterocycles. The monoisotopic (exact) mass is 262 g/mol. The predicted molar refractivity (Wildman–Crippen MR) is 70.3 cm³/mol. The molecule has 0 bridgehead atoms. The Hall–Kier alpha value is -1.89. The number of nitrogens with zero attached hydrogens (tertiary/aromatic N) is 5. The molecule has 0 amide bonds. The van der Waals surface area contributed by atoms with Gasteiger partial charge in [0.15, 0.2) is 5.82 Å². The molecule has 1 aliphatic heterocycles. The van der Waals surface area contributed by atoms with Crippen molar-refractivity contribution in [2.24, 2.45) is 7.05 Å². The molecular weight excluding hydrogens is 244 g/mol. The number of nitrogens with two attached hydrogens (primary N) is 1. The second kappa shape index (κ2) is 4.65. The maximum atomic E-state index is 6.01. The van der Waals surface area contributed by atoms with E-state index in [-0.39, 0.29) is 6.10 Å². The topological polar surface area (TPSA) is 83.8 Å². The molecule has 1 fully saturated rings. The summed E-state index contributed by atoms with van der Waals surface area (Å²) in [6, 6.07) is 0. The Morgan fingerprint density at radius 3 is 2.95 bits per heavy atom. The van der Waals surface area contributed by atoms with Crippen molar-refractivity contribution >= 4 is 5.82 Å².